The zero-order valence-electron chi connectivity index (χ0n) is 9.48. The van der Waals surface area contributed by atoms with Gasteiger partial charge in [0.1, 0.15) is 5.75 Å². The number of aliphatic hydroxyl groups is 1. The van der Waals surface area contributed by atoms with Crippen molar-refractivity contribution in [2.45, 2.75) is 12.8 Å². The third-order valence-electron chi connectivity index (χ3n) is 2.98. The minimum absolute atomic E-state index is 0.203. The summed E-state index contributed by atoms with van der Waals surface area (Å²) in [5, 5.41) is 12.0. The molecule has 0 atom stereocenters. The van der Waals surface area contributed by atoms with E-state index in [1.807, 2.05) is 24.3 Å². The minimum Gasteiger partial charge on any atom is -0.494 e. The molecule has 1 saturated heterocycles. The molecule has 0 unspecified atom stereocenters. The van der Waals surface area contributed by atoms with Crippen molar-refractivity contribution < 1.29 is 9.84 Å². The maximum Gasteiger partial charge on any atom is 0.119 e. The molecule has 2 N–H and O–H groups in total. The molecular formula is C13H19NO2. The zero-order chi connectivity index (χ0) is 11.2. The molecule has 1 fully saturated rings. The van der Waals surface area contributed by atoms with Crippen LogP contribution in [0.2, 0.25) is 0 Å². The van der Waals surface area contributed by atoms with Crippen molar-refractivity contribution in [1.29, 1.82) is 0 Å². The molecule has 0 aromatic heterocycles. The second-order valence-corrected chi connectivity index (χ2v) is 4.28. The lowest BCUT2D eigenvalue weighted by Gasteiger charge is -2.26. The highest BCUT2D eigenvalue weighted by Gasteiger charge is 2.15. The number of rotatable bonds is 6. The van der Waals surface area contributed by atoms with E-state index < -0.39 is 0 Å². The molecule has 0 bridgehead atoms. The average molecular weight is 221 g/mol. The van der Waals surface area contributed by atoms with Gasteiger partial charge in [-0.3, -0.25) is 0 Å². The van der Waals surface area contributed by atoms with Crippen LogP contribution >= 0.6 is 0 Å². The van der Waals surface area contributed by atoms with Gasteiger partial charge in [-0.25, -0.2) is 0 Å². The van der Waals surface area contributed by atoms with Gasteiger partial charge in [0.2, 0.25) is 0 Å². The van der Waals surface area contributed by atoms with Crippen LogP contribution in [0.3, 0.4) is 0 Å². The Kier molecular flexibility index (Phi) is 4.19. The Labute approximate surface area is 96.4 Å². The highest BCUT2D eigenvalue weighted by atomic mass is 16.5. The summed E-state index contributed by atoms with van der Waals surface area (Å²) >= 11 is 0. The Bertz CT molecular complexity index is 306. The van der Waals surface area contributed by atoms with Crippen LogP contribution in [0, 0.1) is 5.92 Å². The summed E-state index contributed by atoms with van der Waals surface area (Å²) in [5.74, 6) is 1.72. The van der Waals surface area contributed by atoms with E-state index in [0.29, 0.717) is 6.42 Å². The van der Waals surface area contributed by atoms with Crippen molar-refractivity contribution in [1.82, 2.24) is 5.32 Å². The Morgan fingerprint density at radius 1 is 1.25 bits per heavy atom. The molecule has 0 radical (unpaired) electrons. The molecule has 0 aliphatic carbocycles. The third-order valence-corrected chi connectivity index (χ3v) is 2.98. The molecule has 3 heteroatoms. The minimum atomic E-state index is 0.203. The van der Waals surface area contributed by atoms with Gasteiger partial charge in [-0.2, -0.15) is 0 Å². The van der Waals surface area contributed by atoms with Crippen LogP contribution < -0.4 is 10.1 Å². The van der Waals surface area contributed by atoms with Gasteiger partial charge in [0.15, 0.2) is 0 Å². The first kappa shape index (κ1) is 11.4. The summed E-state index contributed by atoms with van der Waals surface area (Å²) in [7, 11) is 0. The van der Waals surface area contributed by atoms with Crippen molar-refractivity contribution in [2.24, 2.45) is 5.92 Å². The van der Waals surface area contributed by atoms with Crippen LogP contribution in [-0.2, 0) is 6.42 Å². The van der Waals surface area contributed by atoms with E-state index in [-0.39, 0.29) is 6.61 Å². The topological polar surface area (TPSA) is 41.5 Å². The Balaban J connectivity index is 1.71. The Morgan fingerprint density at radius 3 is 2.56 bits per heavy atom. The maximum absolute atomic E-state index is 8.79. The SMILES string of the molecule is OCCc1ccc(OCCC2CNC2)cc1. The average Bonchev–Trinajstić information content (AvgIpc) is 2.24. The van der Waals surface area contributed by atoms with Crippen LogP contribution in [-0.4, -0.2) is 31.4 Å². The first-order chi connectivity index (χ1) is 7.88. The van der Waals surface area contributed by atoms with E-state index >= 15 is 0 Å². The lowest BCUT2D eigenvalue weighted by molar-refractivity contribution is 0.238. The summed E-state index contributed by atoms with van der Waals surface area (Å²) in [6.45, 7) is 3.28. The third kappa shape index (κ3) is 3.22. The predicted octanol–water partition coefficient (Wildman–Crippen LogP) is 1.21. The maximum atomic E-state index is 8.79. The van der Waals surface area contributed by atoms with Gasteiger partial charge >= 0.3 is 0 Å². The van der Waals surface area contributed by atoms with Gasteiger partial charge in [-0.15, -0.1) is 0 Å². The van der Waals surface area contributed by atoms with Gasteiger partial charge < -0.3 is 15.2 Å². The Morgan fingerprint density at radius 2 is 2.00 bits per heavy atom. The molecule has 1 aromatic rings. The molecule has 1 aliphatic rings. The number of aliphatic hydroxyl groups excluding tert-OH is 1. The first-order valence-corrected chi connectivity index (χ1v) is 5.92. The highest BCUT2D eigenvalue weighted by molar-refractivity contribution is 5.27. The molecular weight excluding hydrogens is 202 g/mol. The highest BCUT2D eigenvalue weighted by Crippen LogP contribution is 2.14. The van der Waals surface area contributed by atoms with Crippen LogP contribution in [0.15, 0.2) is 24.3 Å². The van der Waals surface area contributed by atoms with Crippen LogP contribution in [0.1, 0.15) is 12.0 Å². The van der Waals surface area contributed by atoms with Crippen molar-refractivity contribution in [3.05, 3.63) is 29.8 Å². The molecule has 1 aliphatic heterocycles. The number of ether oxygens (including phenoxy) is 1. The standard InChI is InChI=1S/C13H19NO2/c15-7-5-11-1-3-13(4-2-11)16-8-6-12-9-14-10-12/h1-4,12,14-15H,5-10H2. The van der Waals surface area contributed by atoms with Gasteiger partial charge in [0, 0.05) is 6.61 Å². The number of hydrogen-bond donors (Lipinski definition) is 2. The Hall–Kier alpha value is -1.06. The van der Waals surface area contributed by atoms with Crippen LogP contribution in [0.4, 0.5) is 0 Å². The lowest BCUT2D eigenvalue weighted by Crippen LogP contribution is -2.42. The first-order valence-electron chi connectivity index (χ1n) is 5.92. The van der Waals surface area contributed by atoms with Crippen molar-refractivity contribution >= 4 is 0 Å². The van der Waals surface area contributed by atoms with Gasteiger partial charge in [-0.05, 0) is 49.5 Å². The van der Waals surface area contributed by atoms with E-state index in [0.717, 1.165) is 43.3 Å². The number of benzene rings is 1. The van der Waals surface area contributed by atoms with Gasteiger partial charge in [0.05, 0.1) is 6.61 Å². The van der Waals surface area contributed by atoms with Crippen molar-refractivity contribution in [3.63, 3.8) is 0 Å². The van der Waals surface area contributed by atoms with Crippen LogP contribution in [0.25, 0.3) is 0 Å². The quantitative estimate of drug-likeness (QED) is 0.758. The van der Waals surface area contributed by atoms with E-state index in [1.165, 1.54) is 0 Å². The molecule has 2 rings (SSSR count). The summed E-state index contributed by atoms with van der Waals surface area (Å²) in [6, 6.07) is 7.97. The summed E-state index contributed by atoms with van der Waals surface area (Å²) in [4.78, 5) is 0. The molecule has 0 saturated carbocycles. The fourth-order valence-corrected chi connectivity index (χ4v) is 1.78. The fourth-order valence-electron chi connectivity index (χ4n) is 1.78. The second-order valence-electron chi connectivity index (χ2n) is 4.28. The molecule has 16 heavy (non-hydrogen) atoms. The van der Waals surface area contributed by atoms with E-state index in [9.17, 15) is 0 Å². The zero-order valence-corrected chi connectivity index (χ0v) is 9.48. The summed E-state index contributed by atoms with van der Waals surface area (Å²) in [5.41, 5.74) is 1.15. The molecule has 3 nitrogen and oxygen atoms in total. The van der Waals surface area contributed by atoms with E-state index in [4.69, 9.17) is 9.84 Å². The molecule has 88 valence electrons. The summed E-state index contributed by atoms with van der Waals surface area (Å²) in [6.07, 6.45) is 1.85. The monoisotopic (exact) mass is 221 g/mol. The fraction of sp³-hybridized carbons (Fsp3) is 0.538. The lowest BCUT2D eigenvalue weighted by atomic mass is 10.0. The molecule has 1 aromatic carbocycles. The molecule has 1 heterocycles. The van der Waals surface area contributed by atoms with Crippen LogP contribution in [0.5, 0.6) is 5.75 Å². The van der Waals surface area contributed by atoms with Crippen molar-refractivity contribution in [2.75, 3.05) is 26.3 Å². The largest absolute Gasteiger partial charge is 0.494 e. The van der Waals surface area contributed by atoms with Gasteiger partial charge in [-0.1, -0.05) is 12.1 Å². The van der Waals surface area contributed by atoms with Gasteiger partial charge in [0.25, 0.3) is 0 Å². The molecule has 0 amide bonds. The van der Waals surface area contributed by atoms with E-state index in [1.54, 1.807) is 0 Å². The van der Waals surface area contributed by atoms with Crippen molar-refractivity contribution in [3.8, 4) is 5.75 Å². The smallest absolute Gasteiger partial charge is 0.119 e. The number of hydrogen-bond acceptors (Lipinski definition) is 3. The second kappa shape index (κ2) is 5.87. The number of nitrogens with one attached hydrogen (secondary N) is 1. The van der Waals surface area contributed by atoms with E-state index in [2.05, 4.69) is 5.32 Å². The molecule has 0 spiro atoms. The summed E-state index contributed by atoms with van der Waals surface area (Å²) < 4.78 is 5.66. The predicted molar refractivity (Wildman–Crippen MR) is 63.7 cm³/mol. The normalized spacial score (nSPS) is 15.8.